The molecule has 2 nitrogen and oxygen atoms in total. The van der Waals surface area contributed by atoms with E-state index in [1.54, 1.807) is 6.07 Å². The highest BCUT2D eigenvalue weighted by Gasteiger charge is 2.22. The molecule has 1 aromatic rings. The molecule has 0 bridgehead atoms. The first kappa shape index (κ1) is 12.4. The first-order valence-corrected chi connectivity index (χ1v) is 6.27. The van der Waals surface area contributed by atoms with Gasteiger partial charge in [0.15, 0.2) is 0 Å². The number of benzene rings is 1. The highest BCUT2D eigenvalue weighted by molar-refractivity contribution is 5.28. The lowest BCUT2D eigenvalue weighted by atomic mass is 9.94. The van der Waals surface area contributed by atoms with Crippen LogP contribution in [0, 0.1) is 11.7 Å². The van der Waals surface area contributed by atoms with Crippen LogP contribution in [-0.2, 0) is 6.54 Å². The molecule has 1 saturated heterocycles. The Balaban J connectivity index is 2.08. The second-order valence-electron chi connectivity index (χ2n) is 5.28. The molecule has 0 spiro atoms. The number of nitrogens with zero attached hydrogens (tertiary/aromatic N) is 1. The average molecular weight is 237 g/mol. The number of hydrogen-bond donors (Lipinski definition) is 1. The van der Waals surface area contributed by atoms with Gasteiger partial charge in [-0.2, -0.15) is 0 Å². The lowest BCUT2D eigenvalue weighted by molar-refractivity contribution is 0.117. The molecule has 0 aliphatic carbocycles. The third kappa shape index (κ3) is 3.19. The van der Waals surface area contributed by atoms with Crippen molar-refractivity contribution in [2.24, 2.45) is 5.92 Å². The molecule has 94 valence electrons. The molecule has 3 heteroatoms. The van der Waals surface area contributed by atoms with Crippen molar-refractivity contribution in [2.45, 2.75) is 39.3 Å². The molecular formula is C14H20FNO. The van der Waals surface area contributed by atoms with E-state index in [2.05, 4.69) is 18.7 Å². The van der Waals surface area contributed by atoms with Crippen LogP contribution in [0.25, 0.3) is 0 Å². The normalized spacial score (nSPS) is 26.1. The van der Waals surface area contributed by atoms with Gasteiger partial charge in [0.1, 0.15) is 11.6 Å². The second-order valence-corrected chi connectivity index (χ2v) is 5.28. The first-order valence-electron chi connectivity index (χ1n) is 6.27. The summed E-state index contributed by atoms with van der Waals surface area (Å²) in [6, 6.07) is 4.84. The Kier molecular flexibility index (Phi) is 3.67. The molecule has 1 fully saturated rings. The maximum Gasteiger partial charge on any atom is 0.127 e. The number of aromatic hydroxyl groups is 1. The van der Waals surface area contributed by atoms with Crippen molar-refractivity contribution < 1.29 is 9.50 Å². The molecule has 1 aliphatic rings. The van der Waals surface area contributed by atoms with Crippen molar-refractivity contribution in [3.8, 4) is 5.75 Å². The van der Waals surface area contributed by atoms with Crippen molar-refractivity contribution in [3.63, 3.8) is 0 Å². The molecule has 2 rings (SSSR count). The van der Waals surface area contributed by atoms with E-state index < -0.39 is 0 Å². The number of phenolic OH excluding ortho intramolecular Hbond substituents is 1. The van der Waals surface area contributed by atoms with Crippen LogP contribution in [0.4, 0.5) is 4.39 Å². The molecule has 2 unspecified atom stereocenters. The summed E-state index contributed by atoms with van der Waals surface area (Å²) in [7, 11) is 0. The van der Waals surface area contributed by atoms with Crippen LogP contribution >= 0.6 is 0 Å². The Hall–Kier alpha value is -1.09. The zero-order chi connectivity index (χ0) is 12.4. The predicted octanol–water partition coefficient (Wildman–Crippen LogP) is 3.15. The minimum atomic E-state index is -0.363. The van der Waals surface area contributed by atoms with Gasteiger partial charge in [-0.1, -0.05) is 6.92 Å². The van der Waals surface area contributed by atoms with Crippen molar-refractivity contribution >= 4 is 0 Å². The van der Waals surface area contributed by atoms with E-state index in [-0.39, 0.29) is 11.6 Å². The molecule has 1 heterocycles. The van der Waals surface area contributed by atoms with E-state index in [1.807, 2.05) is 0 Å². The van der Waals surface area contributed by atoms with Crippen LogP contribution in [0.5, 0.6) is 5.75 Å². The summed E-state index contributed by atoms with van der Waals surface area (Å²) in [6.07, 6.45) is 2.47. The highest BCUT2D eigenvalue weighted by atomic mass is 19.1. The summed E-state index contributed by atoms with van der Waals surface area (Å²) < 4.78 is 13.2. The van der Waals surface area contributed by atoms with E-state index in [0.29, 0.717) is 12.0 Å². The number of likely N-dealkylation sites (tertiary alicyclic amines) is 1. The van der Waals surface area contributed by atoms with Gasteiger partial charge in [-0.3, -0.25) is 4.90 Å². The zero-order valence-electron chi connectivity index (χ0n) is 10.5. The maximum absolute atomic E-state index is 13.2. The lowest BCUT2D eigenvalue weighted by Gasteiger charge is -2.36. The van der Waals surface area contributed by atoms with Gasteiger partial charge in [0.2, 0.25) is 0 Å². The molecule has 17 heavy (non-hydrogen) atoms. The summed E-state index contributed by atoms with van der Waals surface area (Å²) in [5, 5.41) is 9.38. The van der Waals surface area contributed by atoms with Crippen LogP contribution < -0.4 is 0 Å². The molecule has 1 aliphatic heterocycles. The van der Waals surface area contributed by atoms with Crippen molar-refractivity contribution in [3.05, 3.63) is 29.6 Å². The Morgan fingerprint density at radius 2 is 2.06 bits per heavy atom. The van der Waals surface area contributed by atoms with Crippen molar-refractivity contribution in [1.29, 1.82) is 0 Å². The molecule has 0 saturated carbocycles. The number of rotatable bonds is 2. The van der Waals surface area contributed by atoms with E-state index in [0.717, 1.165) is 24.7 Å². The zero-order valence-corrected chi connectivity index (χ0v) is 10.5. The van der Waals surface area contributed by atoms with Crippen LogP contribution in [0.3, 0.4) is 0 Å². The molecule has 2 atom stereocenters. The Morgan fingerprint density at radius 3 is 2.76 bits per heavy atom. The SMILES string of the molecule is CC1CCC(C)N(Cc2cc(O)cc(F)c2)C1. The first-order chi connectivity index (χ1) is 8.04. The number of hydrogen-bond acceptors (Lipinski definition) is 2. The summed E-state index contributed by atoms with van der Waals surface area (Å²) in [6.45, 7) is 6.24. The number of phenols is 1. The van der Waals surface area contributed by atoms with E-state index in [1.165, 1.54) is 18.9 Å². The topological polar surface area (TPSA) is 23.5 Å². The maximum atomic E-state index is 13.2. The molecular weight excluding hydrogens is 217 g/mol. The molecule has 0 aromatic heterocycles. The molecule has 0 radical (unpaired) electrons. The summed E-state index contributed by atoms with van der Waals surface area (Å²) in [5.74, 6) is 0.351. The third-order valence-corrected chi connectivity index (χ3v) is 3.57. The predicted molar refractivity (Wildman–Crippen MR) is 66.3 cm³/mol. The van der Waals surface area contributed by atoms with Crippen LogP contribution in [0.1, 0.15) is 32.3 Å². The summed E-state index contributed by atoms with van der Waals surface area (Å²) in [5.41, 5.74) is 0.850. The summed E-state index contributed by atoms with van der Waals surface area (Å²) in [4.78, 5) is 2.36. The lowest BCUT2D eigenvalue weighted by Crippen LogP contribution is -2.40. The Labute approximate surface area is 102 Å². The molecule has 1 N–H and O–H groups in total. The Morgan fingerprint density at radius 1 is 1.29 bits per heavy atom. The van der Waals surface area contributed by atoms with E-state index in [4.69, 9.17) is 0 Å². The average Bonchev–Trinajstić information content (AvgIpc) is 2.22. The van der Waals surface area contributed by atoms with Crippen LogP contribution in [0.2, 0.25) is 0 Å². The van der Waals surface area contributed by atoms with Gasteiger partial charge >= 0.3 is 0 Å². The number of piperidine rings is 1. The fraction of sp³-hybridized carbons (Fsp3) is 0.571. The standard InChI is InChI=1S/C14H20FNO/c1-10-3-4-11(2)16(8-10)9-12-5-13(15)7-14(17)6-12/h5-7,10-11,17H,3-4,8-9H2,1-2H3. The number of halogens is 1. The smallest absolute Gasteiger partial charge is 0.127 e. The van der Waals surface area contributed by atoms with Gasteiger partial charge in [-0.25, -0.2) is 4.39 Å². The quantitative estimate of drug-likeness (QED) is 0.854. The minimum Gasteiger partial charge on any atom is -0.508 e. The van der Waals surface area contributed by atoms with Gasteiger partial charge in [-0.05, 0) is 43.4 Å². The van der Waals surface area contributed by atoms with Crippen molar-refractivity contribution in [1.82, 2.24) is 4.90 Å². The Bertz CT molecular complexity index is 374. The molecule has 1 aromatic carbocycles. The largest absolute Gasteiger partial charge is 0.508 e. The monoisotopic (exact) mass is 237 g/mol. The third-order valence-electron chi connectivity index (χ3n) is 3.57. The molecule has 0 amide bonds. The van der Waals surface area contributed by atoms with E-state index >= 15 is 0 Å². The van der Waals surface area contributed by atoms with Crippen LogP contribution in [0.15, 0.2) is 18.2 Å². The summed E-state index contributed by atoms with van der Waals surface area (Å²) >= 11 is 0. The van der Waals surface area contributed by atoms with E-state index in [9.17, 15) is 9.50 Å². The second kappa shape index (κ2) is 5.05. The van der Waals surface area contributed by atoms with Gasteiger partial charge in [0.05, 0.1) is 0 Å². The van der Waals surface area contributed by atoms with Crippen molar-refractivity contribution in [2.75, 3.05) is 6.54 Å². The van der Waals surface area contributed by atoms with Crippen LogP contribution in [-0.4, -0.2) is 22.6 Å². The fourth-order valence-corrected chi connectivity index (χ4v) is 2.56. The highest BCUT2D eigenvalue weighted by Crippen LogP contribution is 2.24. The van der Waals surface area contributed by atoms with Gasteiger partial charge < -0.3 is 5.11 Å². The minimum absolute atomic E-state index is 0.0118. The fourth-order valence-electron chi connectivity index (χ4n) is 2.56. The van der Waals surface area contributed by atoms with Gasteiger partial charge in [0.25, 0.3) is 0 Å². The van der Waals surface area contributed by atoms with Gasteiger partial charge in [-0.15, -0.1) is 0 Å². The van der Waals surface area contributed by atoms with Gasteiger partial charge in [0, 0.05) is 25.2 Å².